The molecule has 1 fully saturated rings. The maximum absolute atomic E-state index is 12.8. The van der Waals surface area contributed by atoms with E-state index in [2.05, 4.69) is 10.6 Å². The Kier molecular flexibility index (Phi) is 9.21. The number of esters is 1. The number of sulfone groups is 1. The molecule has 1 aromatic rings. The molecule has 2 atom stereocenters. The second-order valence-corrected chi connectivity index (χ2v) is 9.65. The Morgan fingerprint density at radius 3 is 2.25 bits per heavy atom. The van der Waals surface area contributed by atoms with Crippen molar-refractivity contribution in [3.63, 3.8) is 0 Å². The van der Waals surface area contributed by atoms with Gasteiger partial charge < -0.3 is 20.5 Å². The minimum absolute atomic E-state index is 0.171. The third-order valence-corrected chi connectivity index (χ3v) is 6.79. The summed E-state index contributed by atoms with van der Waals surface area (Å²) in [6.07, 6.45) is -4.52. The lowest BCUT2D eigenvalue weighted by Gasteiger charge is -2.23. The maximum atomic E-state index is 12.8. The van der Waals surface area contributed by atoms with Crippen molar-refractivity contribution in [3.05, 3.63) is 23.8 Å². The summed E-state index contributed by atoms with van der Waals surface area (Å²) >= 11 is 0. The predicted molar refractivity (Wildman–Crippen MR) is 108 cm³/mol. The molecule has 0 radical (unpaired) electrons. The highest BCUT2D eigenvalue weighted by Gasteiger charge is 2.39. The van der Waals surface area contributed by atoms with E-state index in [-0.39, 0.29) is 16.8 Å². The van der Waals surface area contributed by atoms with E-state index < -0.39 is 39.2 Å². The van der Waals surface area contributed by atoms with Crippen molar-refractivity contribution in [2.24, 2.45) is 5.92 Å². The molecule has 1 amide bonds. The minimum atomic E-state index is -5.08. The van der Waals surface area contributed by atoms with Gasteiger partial charge in [-0.15, -0.1) is 0 Å². The molecule has 1 aromatic carbocycles. The Morgan fingerprint density at radius 1 is 1.25 bits per heavy atom. The summed E-state index contributed by atoms with van der Waals surface area (Å²) in [5.41, 5.74) is 0.968. The molecule has 13 heteroatoms. The lowest BCUT2D eigenvalue weighted by molar-refractivity contribution is -0.192. The lowest BCUT2D eigenvalue weighted by Crippen LogP contribution is -2.27. The van der Waals surface area contributed by atoms with Crippen molar-refractivity contribution < 1.29 is 45.8 Å². The number of nitrogens with one attached hydrogen (secondary N) is 2. The number of amides is 1. The Hall–Kier alpha value is -2.67. The van der Waals surface area contributed by atoms with Crippen LogP contribution in [0.1, 0.15) is 38.8 Å². The molecule has 1 saturated heterocycles. The summed E-state index contributed by atoms with van der Waals surface area (Å²) in [6, 6.07) is 4.19. The van der Waals surface area contributed by atoms with Crippen molar-refractivity contribution in [2.75, 3.05) is 19.0 Å². The standard InChI is InChI=1S/C17H24N2O5S.C2HF3O2/c1-10(2)25(22,23)15-6-5-12(19-11(3)20)9-14(15)16-13(7-8-18-16)17(21)24-4;3-2(4,5)1(6)7/h5-6,9-10,13,16,18H,7-8H2,1-4H3,(H,19,20);(H,6,7)/t13-,16-;/m0./s1. The van der Waals surface area contributed by atoms with E-state index >= 15 is 0 Å². The summed E-state index contributed by atoms with van der Waals surface area (Å²) in [5, 5.41) is 12.4. The lowest BCUT2D eigenvalue weighted by atomic mass is 9.94. The van der Waals surface area contributed by atoms with Crippen molar-refractivity contribution in [1.29, 1.82) is 0 Å². The van der Waals surface area contributed by atoms with Gasteiger partial charge in [-0.3, -0.25) is 9.59 Å². The largest absolute Gasteiger partial charge is 0.490 e. The van der Waals surface area contributed by atoms with E-state index in [1.54, 1.807) is 26.0 Å². The summed E-state index contributed by atoms with van der Waals surface area (Å²) in [4.78, 5) is 32.5. The third-order valence-electron chi connectivity index (χ3n) is 4.56. The van der Waals surface area contributed by atoms with E-state index in [0.29, 0.717) is 24.2 Å². The number of ether oxygens (including phenoxy) is 1. The zero-order valence-electron chi connectivity index (χ0n) is 17.8. The molecule has 0 saturated carbocycles. The molecule has 3 N–H and O–H groups in total. The highest BCUT2D eigenvalue weighted by molar-refractivity contribution is 7.92. The molecule has 0 unspecified atom stereocenters. The van der Waals surface area contributed by atoms with Gasteiger partial charge in [-0.05, 0) is 50.6 Å². The van der Waals surface area contributed by atoms with Gasteiger partial charge in [-0.1, -0.05) is 0 Å². The van der Waals surface area contributed by atoms with Crippen molar-refractivity contribution in [2.45, 2.75) is 49.6 Å². The normalized spacial score (nSPS) is 18.5. The molecular weight excluding hydrogens is 457 g/mol. The number of rotatable bonds is 5. The van der Waals surface area contributed by atoms with Gasteiger partial charge >= 0.3 is 18.1 Å². The fourth-order valence-corrected chi connectivity index (χ4v) is 4.30. The Bertz CT molecular complexity index is 962. The highest BCUT2D eigenvalue weighted by Crippen LogP contribution is 2.36. The van der Waals surface area contributed by atoms with Gasteiger partial charge in [0.05, 0.1) is 23.2 Å². The average Bonchev–Trinajstić information content (AvgIpc) is 3.16. The predicted octanol–water partition coefficient (Wildman–Crippen LogP) is 2.28. The SMILES string of the molecule is COC(=O)[C@H]1CCN[C@@H]1c1cc(NC(C)=O)ccc1S(=O)(=O)C(C)C.O=C(O)C(F)(F)F. The molecule has 2 rings (SSSR count). The van der Waals surface area contributed by atoms with E-state index in [9.17, 15) is 31.2 Å². The molecule has 0 bridgehead atoms. The van der Waals surface area contributed by atoms with Gasteiger partial charge in [-0.2, -0.15) is 13.2 Å². The monoisotopic (exact) mass is 482 g/mol. The summed E-state index contributed by atoms with van der Waals surface area (Å²) in [6.45, 7) is 5.18. The number of methoxy groups -OCH3 is 1. The van der Waals surface area contributed by atoms with Crippen LogP contribution in [0.15, 0.2) is 23.1 Å². The molecule has 0 aliphatic carbocycles. The Balaban J connectivity index is 0.000000633. The first kappa shape index (κ1) is 27.4. The third kappa shape index (κ3) is 6.92. The first-order valence-corrected chi connectivity index (χ1v) is 10.9. The van der Waals surface area contributed by atoms with Crippen LogP contribution in [0.2, 0.25) is 0 Å². The van der Waals surface area contributed by atoms with E-state index in [1.807, 2.05) is 0 Å². The number of halogens is 3. The van der Waals surface area contributed by atoms with Crippen molar-refractivity contribution >= 4 is 33.4 Å². The number of carbonyl (C=O) groups is 3. The first-order chi connectivity index (χ1) is 14.6. The zero-order valence-corrected chi connectivity index (χ0v) is 18.6. The van der Waals surface area contributed by atoms with E-state index in [4.69, 9.17) is 14.6 Å². The van der Waals surface area contributed by atoms with Crippen LogP contribution in [0.4, 0.5) is 18.9 Å². The number of carboxylic acids is 1. The number of hydrogen-bond acceptors (Lipinski definition) is 7. The van der Waals surface area contributed by atoms with Crippen LogP contribution in [0, 0.1) is 5.92 Å². The number of carbonyl (C=O) groups excluding carboxylic acids is 2. The topological polar surface area (TPSA) is 139 Å². The molecule has 1 aliphatic heterocycles. The van der Waals surface area contributed by atoms with E-state index in [1.165, 1.54) is 20.1 Å². The quantitative estimate of drug-likeness (QED) is 0.544. The molecule has 0 aromatic heterocycles. The summed E-state index contributed by atoms with van der Waals surface area (Å²) in [5.74, 6) is -3.87. The second-order valence-electron chi connectivity index (χ2n) is 7.18. The zero-order chi connectivity index (χ0) is 24.9. The van der Waals surface area contributed by atoms with Crippen LogP contribution in [-0.2, 0) is 29.0 Å². The average molecular weight is 482 g/mol. The van der Waals surface area contributed by atoms with Gasteiger partial charge in [0, 0.05) is 18.7 Å². The molecule has 0 spiro atoms. The van der Waals surface area contributed by atoms with Gasteiger partial charge in [0.15, 0.2) is 9.84 Å². The van der Waals surface area contributed by atoms with Crippen molar-refractivity contribution in [3.8, 4) is 0 Å². The van der Waals surface area contributed by atoms with Crippen LogP contribution in [0.25, 0.3) is 0 Å². The van der Waals surface area contributed by atoms with Crippen LogP contribution < -0.4 is 10.6 Å². The molecule has 180 valence electrons. The summed E-state index contributed by atoms with van der Waals surface area (Å²) in [7, 11) is -2.23. The van der Waals surface area contributed by atoms with Crippen LogP contribution in [-0.4, -0.2) is 56.5 Å². The van der Waals surface area contributed by atoms with Crippen LogP contribution in [0.5, 0.6) is 0 Å². The fraction of sp³-hybridized carbons (Fsp3) is 0.526. The summed E-state index contributed by atoms with van der Waals surface area (Å²) < 4.78 is 62.1. The van der Waals surface area contributed by atoms with Gasteiger partial charge in [0.1, 0.15) is 0 Å². The molecule has 9 nitrogen and oxygen atoms in total. The fourth-order valence-electron chi connectivity index (χ4n) is 3.02. The van der Waals surface area contributed by atoms with Gasteiger partial charge in [0.2, 0.25) is 5.91 Å². The molecule has 32 heavy (non-hydrogen) atoms. The highest BCUT2D eigenvalue weighted by atomic mass is 32.2. The van der Waals surface area contributed by atoms with Gasteiger partial charge in [-0.25, -0.2) is 13.2 Å². The smallest absolute Gasteiger partial charge is 0.475 e. The Morgan fingerprint density at radius 2 is 1.81 bits per heavy atom. The number of aliphatic carboxylic acids is 1. The van der Waals surface area contributed by atoms with Crippen LogP contribution >= 0.6 is 0 Å². The number of hydrogen-bond donors (Lipinski definition) is 3. The maximum Gasteiger partial charge on any atom is 0.490 e. The number of benzene rings is 1. The van der Waals surface area contributed by atoms with Crippen LogP contribution in [0.3, 0.4) is 0 Å². The molecule has 1 aliphatic rings. The van der Waals surface area contributed by atoms with Crippen molar-refractivity contribution in [1.82, 2.24) is 5.32 Å². The first-order valence-electron chi connectivity index (χ1n) is 9.39. The number of alkyl halides is 3. The molecular formula is C19H25F3N2O7S. The Labute approximate surface area is 183 Å². The molecule has 1 heterocycles. The van der Waals surface area contributed by atoms with Gasteiger partial charge in [0.25, 0.3) is 0 Å². The van der Waals surface area contributed by atoms with E-state index in [0.717, 1.165) is 0 Å². The number of carboxylic acid groups (broad SMARTS) is 1. The minimum Gasteiger partial charge on any atom is -0.475 e. The number of anilines is 1. The second kappa shape index (κ2) is 10.8.